The molecule has 2 unspecified atom stereocenters. The molecule has 0 spiro atoms. The molecule has 0 aromatic heterocycles. The summed E-state index contributed by atoms with van der Waals surface area (Å²) in [6, 6.07) is 0. The molecule has 0 aliphatic carbocycles. The van der Waals surface area contributed by atoms with Crippen molar-refractivity contribution < 1.29 is 36.7 Å². The second kappa shape index (κ2) is 15.4. The van der Waals surface area contributed by atoms with Gasteiger partial charge in [0.15, 0.2) is 0 Å². The first kappa shape index (κ1) is 29.0. The number of rotatable bonds is 10. The fraction of sp³-hybridized carbons (Fsp3) is 0.750. The lowest BCUT2D eigenvalue weighted by Crippen LogP contribution is -2.45. The molecule has 9 heteroatoms. The van der Waals surface area contributed by atoms with E-state index < -0.39 is 10.4 Å². The van der Waals surface area contributed by atoms with E-state index in [1.165, 1.54) is 0 Å². The average molecular weight is 385 g/mol. The van der Waals surface area contributed by atoms with Crippen molar-refractivity contribution in [2.24, 2.45) is 0 Å². The summed E-state index contributed by atoms with van der Waals surface area (Å²) in [5.41, 5.74) is 0. The van der Waals surface area contributed by atoms with Gasteiger partial charge >= 0.3 is 0 Å². The molecule has 0 fully saturated rings. The second-order valence-electron chi connectivity index (χ2n) is 6.12. The van der Waals surface area contributed by atoms with Crippen molar-refractivity contribution >= 4 is 10.4 Å². The van der Waals surface area contributed by atoms with E-state index in [9.17, 15) is 0 Å². The highest BCUT2D eigenvalue weighted by Crippen LogP contribution is 2.00. The summed E-state index contributed by atoms with van der Waals surface area (Å²) in [6.45, 7) is 17.8. The molecule has 0 saturated heterocycles. The van der Waals surface area contributed by atoms with E-state index in [0.717, 1.165) is 48.2 Å². The highest BCUT2D eigenvalue weighted by atomic mass is 32.3. The first-order chi connectivity index (χ1) is 11.4. The number of nitrogens with zero attached hydrogens (tertiary/aromatic N) is 2. The summed E-state index contributed by atoms with van der Waals surface area (Å²) in [7, 11) is -0.921. The number of likely N-dealkylation sites (N-methyl/N-ethyl adjacent to an activating group) is 2. The second-order valence-corrected chi connectivity index (χ2v) is 6.93. The van der Waals surface area contributed by atoms with Crippen LogP contribution in [0, 0.1) is 0 Å². The van der Waals surface area contributed by atoms with Crippen LogP contribution in [0.5, 0.6) is 0 Å². The van der Waals surface area contributed by atoms with Crippen LogP contribution in [0.3, 0.4) is 0 Å². The number of aliphatic hydroxyl groups is 2. The standard InChI is InChI=1S/2C8H18NO.H2O4S/c2*1-4-6-9(3,5-2)7-8-10;1-5(2,3)4/h2*4,10H,1,5-8H2,2-3H3;(H2,1,2,3,4)/q2*+1;/p-2. The molecule has 0 aliphatic heterocycles. The summed E-state index contributed by atoms with van der Waals surface area (Å²) < 4.78 is 35.9. The van der Waals surface area contributed by atoms with E-state index in [0.29, 0.717) is 0 Å². The molecule has 25 heavy (non-hydrogen) atoms. The van der Waals surface area contributed by atoms with Crippen LogP contribution in [0.2, 0.25) is 0 Å². The normalized spacial score (nSPS) is 15.4. The molecule has 2 atom stereocenters. The topological polar surface area (TPSA) is 121 Å². The minimum absolute atomic E-state index is 0.262. The van der Waals surface area contributed by atoms with Crippen molar-refractivity contribution in [3.8, 4) is 0 Å². The van der Waals surface area contributed by atoms with Crippen molar-refractivity contribution in [2.45, 2.75) is 13.8 Å². The van der Waals surface area contributed by atoms with Crippen LogP contribution in [0.25, 0.3) is 0 Å². The first-order valence-corrected chi connectivity index (χ1v) is 9.47. The van der Waals surface area contributed by atoms with Crippen LogP contribution in [0.15, 0.2) is 25.3 Å². The van der Waals surface area contributed by atoms with E-state index >= 15 is 0 Å². The van der Waals surface area contributed by atoms with Gasteiger partial charge in [-0.3, -0.25) is 8.42 Å². The first-order valence-electron chi connectivity index (χ1n) is 8.14. The minimum Gasteiger partial charge on any atom is -0.759 e. The number of aliphatic hydroxyl groups excluding tert-OH is 2. The average Bonchev–Trinajstić information content (AvgIpc) is 2.47. The van der Waals surface area contributed by atoms with Crippen molar-refractivity contribution in [1.82, 2.24) is 0 Å². The van der Waals surface area contributed by atoms with Gasteiger partial charge in [-0.2, -0.15) is 0 Å². The number of quaternary nitrogens is 2. The molecular weight excluding hydrogens is 348 g/mol. The Hall–Kier alpha value is -0.810. The maximum Gasteiger partial charge on any atom is 0.102 e. The van der Waals surface area contributed by atoms with E-state index in [-0.39, 0.29) is 13.2 Å². The maximum absolute atomic E-state index is 8.71. The molecule has 0 rings (SSSR count). The predicted molar refractivity (Wildman–Crippen MR) is 98.0 cm³/mol. The third-order valence-corrected chi connectivity index (χ3v) is 3.95. The maximum atomic E-state index is 8.71. The van der Waals surface area contributed by atoms with Crippen LogP contribution >= 0.6 is 0 Å². The largest absolute Gasteiger partial charge is 0.759 e. The SMILES string of the molecule is C=CC[N+](C)(CC)CCO.C=CC[N+](C)(CC)CCO.O=S(=O)([O-])[O-]. The van der Waals surface area contributed by atoms with Gasteiger partial charge in [0.25, 0.3) is 0 Å². The zero-order valence-electron chi connectivity index (χ0n) is 16.1. The number of hydrogen-bond acceptors (Lipinski definition) is 6. The lowest BCUT2D eigenvalue weighted by molar-refractivity contribution is -0.902. The van der Waals surface area contributed by atoms with Crippen molar-refractivity contribution in [2.75, 3.05) is 66.6 Å². The quantitative estimate of drug-likeness (QED) is 0.235. The van der Waals surface area contributed by atoms with Gasteiger partial charge in [0.2, 0.25) is 0 Å². The predicted octanol–water partition coefficient (Wildman–Crippen LogP) is -0.0756. The summed E-state index contributed by atoms with van der Waals surface area (Å²) in [6.07, 6.45) is 3.80. The Labute approximate surface area is 153 Å². The Kier molecular flexibility index (Phi) is 17.9. The van der Waals surface area contributed by atoms with Crippen LogP contribution in [-0.4, -0.2) is 103 Å². The molecular formula is C16H36N2O6S. The molecule has 0 saturated carbocycles. The molecule has 0 aliphatic rings. The van der Waals surface area contributed by atoms with Gasteiger partial charge in [-0.05, 0) is 26.0 Å². The fourth-order valence-corrected chi connectivity index (χ4v) is 1.86. The van der Waals surface area contributed by atoms with Gasteiger partial charge in [0.05, 0.1) is 53.5 Å². The fourth-order valence-electron chi connectivity index (χ4n) is 1.86. The molecule has 0 aromatic rings. The smallest absolute Gasteiger partial charge is 0.102 e. The Morgan fingerprint density at radius 3 is 1.24 bits per heavy atom. The molecule has 0 amide bonds. The van der Waals surface area contributed by atoms with Crippen LogP contribution < -0.4 is 0 Å². The van der Waals surface area contributed by atoms with Gasteiger partial charge < -0.3 is 28.3 Å². The Bertz CT molecular complexity index is 410. The highest BCUT2D eigenvalue weighted by Gasteiger charge is 2.15. The zero-order chi connectivity index (χ0) is 20.6. The van der Waals surface area contributed by atoms with Gasteiger partial charge in [-0.1, -0.05) is 13.2 Å². The van der Waals surface area contributed by atoms with Gasteiger partial charge in [0.1, 0.15) is 13.1 Å². The van der Waals surface area contributed by atoms with Gasteiger partial charge in [0, 0.05) is 10.4 Å². The lowest BCUT2D eigenvalue weighted by atomic mass is 10.4. The van der Waals surface area contributed by atoms with E-state index in [1.807, 2.05) is 12.2 Å². The molecule has 0 heterocycles. The Morgan fingerprint density at radius 2 is 1.12 bits per heavy atom. The van der Waals surface area contributed by atoms with Crippen molar-refractivity contribution in [1.29, 1.82) is 0 Å². The minimum atomic E-state index is -5.17. The molecule has 0 aromatic carbocycles. The van der Waals surface area contributed by atoms with Crippen LogP contribution in [-0.2, 0) is 10.4 Å². The Morgan fingerprint density at radius 1 is 0.880 bits per heavy atom. The number of hydrogen-bond donors (Lipinski definition) is 2. The molecule has 8 nitrogen and oxygen atoms in total. The van der Waals surface area contributed by atoms with Crippen LogP contribution in [0.4, 0.5) is 0 Å². The summed E-state index contributed by atoms with van der Waals surface area (Å²) in [5.74, 6) is 0. The van der Waals surface area contributed by atoms with Gasteiger partial charge in [-0.15, -0.1) is 0 Å². The Balaban J connectivity index is -0.000000308. The van der Waals surface area contributed by atoms with E-state index in [1.54, 1.807) is 0 Å². The van der Waals surface area contributed by atoms with Crippen LogP contribution in [0.1, 0.15) is 13.8 Å². The zero-order valence-corrected chi connectivity index (χ0v) is 16.9. The van der Waals surface area contributed by atoms with Crippen molar-refractivity contribution in [3.63, 3.8) is 0 Å². The molecule has 2 N–H and O–H groups in total. The highest BCUT2D eigenvalue weighted by molar-refractivity contribution is 7.79. The molecule has 152 valence electrons. The summed E-state index contributed by atoms with van der Waals surface area (Å²) >= 11 is 0. The summed E-state index contributed by atoms with van der Waals surface area (Å²) in [5, 5.41) is 17.4. The van der Waals surface area contributed by atoms with Crippen molar-refractivity contribution in [3.05, 3.63) is 25.3 Å². The molecule has 0 radical (unpaired) electrons. The third kappa shape index (κ3) is 23.2. The monoisotopic (exact) mass is 384 g/mol. The summed E-state index contributed by atoms with van der Waals surface area (Å²) in [4.78, 5) is 0. The van der Waals surface area contributed by atoms with E-state index in [2.05, 4.69) is 41.1 Å². The molecule has 0 bridgehead atoms. The van der Waals surface area contributed by atoms with Gasteiger partial charge in [-0.25, -0.2) is 0 Å². The van der Waals surface area contributed by atoms with E-state index in [4.69, 9.17) is 27.7 Å². The lowest BCUT2D eigenvalue weighted by Gasteiger charge is -2.31. The third-order valence-electron chi connectivity index (χ3n) is 3.95.